The predicted molar refractivity (Wildman–Crippen MR) is 119 cm³/mol. The Morgan fingerprint density at radius 1 is 1.03 bits per heavy atom. The van der Waals surface area contributed by atoms with E-state index in [2.05, 4.69) is 22.0 Å². The SMILES string of the molecule is CCOc1ccccc1C1=CCN(c2ccc(S(=O)(=O)N3CCCCC3)cn2)CC1. The fourth-order valence-electron chi connectivity index (χ4n) is 4.10. The van der Waals surface area contributed by atoms with Crippen LogP contribution in [0.1, 0.15) is 38.2 Å². The first-order valence-electron chi connectivity index (χ1n) is 10.7. The molecule has 2 aliphatic rings. The number of hydrogen-bond donors (Lipinski definition) is 0. The minimum atomic E-state index is -3.44. The van der Waals surface area contributed by atoms with Gasteiger partial charge in [0, 0.05) is 37.9 Å². The fraction of sp³-hybridized carbons (Fsp3) is 0.435. The molecular weight excluding hydrogens is 398 g/mol. The van der Waals surface area contributed by atoms with Gasteiger partial charge in [-0.25, -0.2) is 13.4 Å². The Labute approximate surface area is 179 Å². The van der Waals surface area contributed by atoms with Crippen molar-refractivity contribution in [3.05, 3.63) is 54.2 Å². The summed E-state index contributed by atoms with van der Waals surface area (Å²) in [5.74, 6) is 1.73. The highest BCUT2D eigenvalue weighted by Gasteiger charge is 2.26. The zero-order chi connectivity index (χ0) is 21.0. The van der Waals surface area contributed by atoms with E-state index in [0.29, 0.717) is 19.7 Å². The van der Waals surface area contributed by atoms with E-state index in [1.807, 2.05) is 31.2 Å². The maximum atomic E-state index is 12.8. The molecule has 0 unspecified atom stereocenters. The summed E-state index contributed by atoms with van der Waals surface area (Å²) in [4.78, 5) is 6.93. The van der Waals surface area contributed by atoms with E-state index in [9.17, 15) is 8.42 Å². The number of aromatic nitrogens is 1. The summed E-state index contributed by atoms with van der Waals surface area (Å²) in [6.45, 7) is 5.42. The summed E-state index contributed by atoms with van der Waals surface area (Å²) in [7, 11) is -3.44. The number of benzene rings is 1. The second-order valence-corrected chi connectivity index (χ2v) is 9.61. The fourth-order valence-corrected chi connectivity index (χ4v) is 5.56. The number of anilines is 1. The van der Waals surface area contributed by atoms with Crippen LogP contribution in [-0.4, -0.2) is 50.5 Å². The second-order valence-electron chi connectivity index (χ2n) is 7.67. The molecule has 0 saturated carbocycles. The molecule has 160 valence electrons. The molecule has 6 nitrogen and oxygen atoms in total. The van der Waals surface area contributed by atoms with E-state index >= 15 is 0 Å². The van der Waals surface area contributed by atoms with E-state index < -0.39 is 10.0 Å². The number of rotatable bonds is 6. The standard InChI is InChI=1S/C23H29N3O3S/c1-2-29-22-9-5-4-8-21(22)19-12-16-25(17-13-19)23-11-10-20(18-24-23)30(27,28)26-14-6-3-7-15-26/h4-5,8-12,18H,2-3,6-7,13-17H2,1H3. The molecule has 3 heterocycles. The van der Waals surface area contributed by atoms with Gasteiger partial charge in [0.05, 0.1) is 6.61 Å². The Morgan fingerprint density at radius 3 is 2.50 bits per heavy atom. The van der Waals surface area contributed by atoms with Crippen molar-refractivity contribution in [1.29, 1.82) is 0 Å². The summed E-state index contributed by atoms with van der Waals surface area (Å²) in [5.41, 5.74) is 2.43. The molecule has 0 amide bonds. The van der Waals surface area contributed by atoms with Gasteiger partial charge in [-0.15, -0.1) is 0 Å². The lowest BCUT2D eigenvalue weighted by Gasteiger charge is -2.29. The molecule has 0 bridgehead atoms. The zero-order valence-electron chi connectivity index (χ0n) is 17.5. The number of pyridine rings is 1. The molecule has 0 radical (unpaired) electrons. The first-order valence-corrected chi connectivity index (χ1v) is 12.2. The Bertz CT molecular complexity index is 997. The molecule has 0 N–H and O–H groups in total. The van der Waals surface area contributed by atoms with Gasteiger partial charge in [0.25, 0.3) is 0 Å². The number of sulfonamides is 1. The van der Waals surface area contributed by atoms with Crippen LogP contribution in [0.3, 0.4) is 0 Å². The van der Waals surface area contributed by atoms with Gasteiger partial charge in [-0.1, -0.05) is 30.7 Å². The molecule has 0 aliphatic carbocycles. The number of ether oxygens (including phenoxy) is 1. The molecular formula is C23H29N3O3S. The van der Waals surface area contributed by atoms with Crippen LogP contribution < -0.4 is 9.64 Å². The van der Waals surface area contributed by atoms with Crippen molar-refractivity contribution in [2.45, 2.75) is 37.5 Å². The molecule has 2 aromatic rings. The van der Waals surface area contributed by atoms with Gasteiger partial charge < -0.3 is 9.64 Å². The molecule has 1 aromatic heterocycles. The van der Waals surface area contributed by atoms with Crippen molar-refractivity contribution in [2.75, 3.05) is 37.7 Å². The summed E-state index contributed by atoms with van der Waals surface area (Å²) in [6, 6.07) is 11.7. The largest absolute Gasteiger partial charge is 0.493 e. The van der Waals surface area contributed by atoms with E-state index in [0.717, 1.165) is 55.9 Å². The molecule has 1 saturated heterocycles. The van der Waals surface area contributed by atoms with Crippen molar-refractivity contribution in [1.82, 2.24) is 9.29 Å². The average Bonchev–Trinajstić information content (AvgIpc) is 2.80. The smallest absolute Gasteiger partial charge is 0.244 e. The van der Waals surface area contributed by atoms with Crippen molar-refractivity contribution in [3.8, 4) is 5.75 Å². The van der Waals surface area contributed by atoms with Gasteiger partial charge in [0.1, 0.15) is 16.5 Å². The van der Waals surface area contributed by atoms with Crippen LogP contribution >= 0.6 is 0 Å². The third-order valence-corrected chi connectivity index (χ3v) is 7.62. The molecule has 4 rings (SSSR count). The Balaban J connectivity index is 1.46. The molecule has 2 aliphatic heterocycles. The van der Waals surface area contributed by atoms with Gasteiger partial charge in [0.15, 0.2) is 0 Å². The lowest BCUT2D eigenvalue weighted by molar-refractivity contribution is 0.339. The Kier molecular flexibility index (Phi) is 6.39. The number of nitrogens with zero attached hydrogens (tertiary/aromatic N) is 3. The Morgan fingerprint density at radius 2 is 1.83 bits per heavy atom. The van der Waals surface area contributed by atoms with Crippen LogP contribution in [0, 0.1) is 0 Å². The lowest BCUT2D eigenvalue weighted by atomic mass is 9.98. The van der Waals surface area contributed by atoms with Gasteiger partial charge >= 0.3 is 0 Å². The lowest BCUT2D eigenvalue weighted by Crippen LogP contribution is -2.35. The molecule has 7 heteroatoms. The topological polar surface area (TPSA) is 62.7 Å². The van der Waals surface area contributed by atoms with Gasteiger partial charge in [-0.2, -0.15) is 4.31 Å². The van der Waals surface area contributed by atoms with Gasteiger partial charge in [0.2, 0.25) is 10.0 Å². The van der Waals surface area contributed by atoms with Crippen LogP contribution in [0.2, 0.25) is 0 Å². The molecule has 0 spiro atoms. The van der Waals surface area contributed by atoms with Crippen LogP contribution in [0.5, 0.6) is 5.75 Å². The highest BCUT2D eigenvalue weighted by molar-refractivity contribution is 7.89. The van der Waals surface area contributed by atoms with Crippen molar-refractivity contribution < 1.29 is 13.2 Å². The minimum Gasteiger partial charge on any atom is -0.493 e. The predicted octanol–water partition coefficient (Wildman–Crippen LogP) is 3.95. The average molecular weight is 428 g/mol. The number of piperidine rings is 1. The summed E-state index contributed by atoms with van der Waals surface area (Å²) < 4.78 is 33.0. The molecule has 1 fully saturated rings. The molecule has 1 aromatic carbocycles. The highest BCUT2D eigenvalue weighted by atomic mass is 32.2. The maximum Gasteiger partial charge on any atom is 0.244 e. The number of hydrogen-bond acceptors (Lipinski definition) is 5. The van der Waals surface area contributed by atoms with Crippen LogP contribution in [0.15, 0.2) is 53.6 Å². The minimum absolute atomic E-state index is 0.284. The van der Waals surface area contributed by atoms with E-state index in [1.54, 1.807) is 10.4 Å². The van der Waals surface area contributed by atoms with Gasteiger partial charge in [-0.3, -0.25) is 0 Å². The first-order chi connectivity index (χ1) is 14.6. The summed E-state index contributed by atoms with van der Waals surface area (Å²) >= 11 is 0. The normalized spacial score (nSPS) is 18.2. The second kappa shape index (κ2) is 9.18. The molecule has 0 atom stereocenters. The first kappa shape index (κ1) is 20.9. The monoisotopic (exact) mass is 427 g/mol. The quantitative estimate of drug-likeness (QED) is 0.699. The zero-order valence-corrected chi connectivity index (χ0v) is 18.3. The van der Waals surface area contributed by atoms with Crippen molar-refractivity contribution in [3.63, 3.8) is 0 Å². The van der Waals surface area contributed by atoms with Crippen LogP contribution in [-0.2, 0) is 10.0 Å². The molecule has 30 heavy (non-hydrogen) atoms. The van der Waals surface area contributed by atoms with E-state index in [4.69, 9.17) is 4.74 Å². The third kappa shape index (κ3) is 4.37. The van der Waals surface area contributed by atoms with Crippen LogP contribution in [0.4, 0.5) is 5.82 Å². The summed E-state index contributed by atoms with van der Waals surface area (Å²) in [6.07, 6.45) is 7.56. The van der Waals surface area contributed by atoms with E-state index in [-0.39, 0.29) is 4.90 Å². The Hall–Kier alpha value is -2.38. The highest BCUT2D eigenvalue weighted by Crippen LogP contribution is 2.31. The summed E-state index contributed by atoms with van der Waals surface area (Å²) in [5, 5.41) is 0. The van der Waals surface area contributed by atoms with Gasteiger partial charge in [-0.05, 0) is 50.0 Å². The van der Waals surface area contributed by atoms with Crippen molar-refractivity contribution >= 4 is 21.4 Å². The van der Waals surface area contributed by atoms with Crippen molar-refractivity contribution in [2.24, 2.45) is 0 Å². The number of para-hydroxylation sites is 1. The van der Waals surface area contributed by atoms with E-state index in [1.165, 1.54) is 11.8 Å². The van der Waals surface area contributed by atoms with Crippen LogP contribution in [0.25, 0.3) is 5.57 Å². The maximum absolute atomic E-state index is 12.8. The third-order valence-electron chi connectivity index (χ3n) is 5.74.